The molecule has 1 amide bonds. The minimum absolute atomic E-state index is 0.130. The van der Waals surface area contributed by atoms with E-state index in [1.54, 1.807) is 26.0 Å². The fraction of sp³-hybridized carbons (Fsp3) is 0.250. The van der Waals surface area contributed by atoms with Crippen LogP contribution in [0.15, 0.2) is 48.5 Å². The summed E-state index contributed by atoms with van der Waals surface area (Å²) in [6, 6.07) is 13.7. The van der Waals surface area contributed by atoms with E-state index in [-0.39, 0.29) is 36.4 Å². The molecule has 30 heavy (non-hydrogen) atoms. The van der Waals surface area contributed by atoms with Crippen LogP contribution in [0.5, 0.6) is 0 Å². The zero-order valence-corrected chi connectivity index (χ0v) is 17.5. The molecule has 0 unspecified atom stereocenters. The quantitative estimate of drug-likeness (QED) is 0.288. The Bertz CT molecular complexity index is 1100. The second-order valence-electron chi connectivity index (χ2n) is 6.31. The van der Waals surface area contributed by atoms with E-state index in [0.717, 1.165) is 0 Å². The highest BCUT2D eigenvalue weighted by Gasteiger charge is 2.28. The molecule has 0 aliphatic rings. The average Bonchev–Trinajstić information content (AvgIpc) is 3.12. The van der Waals surface area contributed by atoms with Crippen LogP contribution in [0.1, 0.15) is 24.3 Å². The molecule has 0 fully saturated rings. The Labute approximate surface area is 173 Å². The topological polar surface area (TPSA) is 124 Å². The van der Waals surface area contributed by atoms with Crippen molar-refractivity contribution in [2.24, 2.45) is 0 Å². The maximum atomic E-state index is 13.0. The predicted molar refractivity (Wildman–Crippen MR) is 114 cm³/mol. The Morgan fingerprint density at radius 1 is 1.10 bits per heavy atom. The van der Waals surface area contributed by atoms with Gasteiger partial charge in [-0.2, -0.15) is 0 Å². The van der Waals surface area contributed by atoms with E-state index in [0.29, 0.717) is 16.5 Å². The van der Waals surface area contributed by atoms with Crippen LogP contribution < -0.4 is 5.32 Å². The number of fused-ring (bicyclic) bond motifs is 1. The SMILES string of the molecule is CCOP(=O)(CNC(=O)c1[nH]c2c([N+](=O)[O-])cccc2c1-c1ccccc1)OCC. The molecule has 0 saturated carbocycles. The van der Waals surface area contributed by atoms with Crippen molar-refractivity contribution in [2.75, 3.05) is 19.5 Å². The number of aromatic nitrogens is 1. The summed E-state index contributed by atoms with van der Waals surface area (Å²) < 4.78 is 23.1. The number of non-ortho nitro benzene ring substituents is 1. The molecule has 0 aliphatic heterocycles. The van der Waals surface area contributed by atoms with E-state index in [1.807, 2.05) is 30.3 Å². The largest absolute Gasteiger partial charge is 0.349 e. The number of carbonyl (C=O) groups excluding carboxylic acids is 1. The zero-order valence-electron chi connectivity index (χ0n) is 16.6. The minimum Gasteiger partial charge on any atom is -0.344 e. The standard InChI is InChI=1S/C20H22N3O6P/c1-3-28-30(27,29-4-2)13-21-20(24)19-17(14-9-6-5-7-10-14)15-11-8-12-16(23(25)26)18(15)22-19/h5-12,22H,3-4,13H2,1-2H3,(H,21,24). The lowest BCUT2D eigenvalue weighted by molar-refractivity contribution is -0.383. The van der Waals surface area contributed by atoms with Gasteiger partial charge in [-0.05, 0) is 19.4 Å². The van der Waals surface area contributed by atoms with Gasteiger partial charge in [-0.15, -0.1) is 0 Å². The number of H-pyrrole nitrogens is 1. The van der Waals surface area contributed by atoms with Gasteiger partial charge in [-0.1, -0.05) is 42.5 Å². The van der Waals surface area contributed by atoms with Gasteiger partial charge in [0, 0.05) is 17.0 Å². The van der Waals surface area contributed by atoms with E-state index in [1.165, 1.54) is 6.07 Å². The Morgan fingerprint density at radius 2 is 1.77 bits per heavy atom. The Kier molecular flexibility index (Phi) is 6.66. The van der Waals surface area contributed by atoms with Crippen LogP contribution in [-0.4, -0.2) is 35.3 Å². The Hall–Kier alpha value is -3.00. The second-order valence-corrected chi connectivity index (χ2v) is 8.36. The molecule has 10 heteroatoms. The maximum Gasteiger partial charge on any atom is 0.349 e. The first-order valence-corrected chi connectivity index (χ1v) is 11.1. The van der Waals surface area contributed by atoms with E-state index in [2.05, 4.69) is 10.3 Å². The van der Waals surface area contributed by atoms with Crippen LogP contribution in [0.3, 0.4) is 0 Å². The molecular formula is C20H22N3O6P. The number of carbonyl (C=O) groups is 1. The van der Waals surface area contributed by atoms with Gasteiger partial charge < -0.3 is 19.3 Å². The van der Waals surface area contributed by atoms with E-state index < -0.39 is 18.4 Å². The summed E-state index contributed by atoms with van der Waals surface area (Å²) in [7, 11) is -3.49. The highest BCUT2D eigenvalue weighted by atomic mass is 31.2. The fourth-order valence-corrected chi connectivity index (χ4v) is 4.59. The summed E-state index contributed by atoms with van der Waals surface area (Å²) in [4.78, 5) is 26.8. The molecule has 0 bridgehead atoms. The summed E-state index contributed by atoms with van der Waals surface area (Å²) in [5, 5.41) is 14.6. The molecule has 2 aromatic carbocycles. The number of hydrogen-bond donors (Lipinski definition) is 2. The van der Waals surface area contributed by atoms with Crippen molar-refractivity contribution in [1.29, 1.82) is 0 Å². The number of hydrogen-bond acceptors (Lipinski definition) is 6. The summed E-state index contributed by atoms with van der Waals surface area (Å²) in [6.45, 7) is 3.69. The highest BCUT2D eigenvalue weighted by molar-refractivity contribution is 7.53. The second kappa shape index (κ2) is 9.21. The fourth-order valence-electron chi connectivity index (χ4n) is 3.21. The van der Waals surface area contributed by atoms with E-state index in [9.17, 15) is 19.5 Å². The van der Waals surface area contributed by atoms with Crippen molar-refractivity contribution in [1.82, 2.24) is 10.3 Å². The van der Waals surface area contributed by atoms with Crippen LogP contribution in [0.25, 0.3) is 22.0 Å². The molecule has 2 N–H and O–H groups in total. The number of rotatable bonds is 9. The molecular weight excluding hydrogens is 409 g/mol. The Morgan fingerprint density at radius 3 is 2.37 bits per heavy atom. The predicted octanol–water partition coefficient (Wildman–Crippen LogP) is 4.70. The molecule has 3 rings (SSSR count). The number of nitro benzene ring substituents is 1. The summed E-state index contributed by atoms with van der Waals surface area (Å²) in [5.41, 5.74) is 1.47. The summed E-state index contributed by atoms with van der Waals surface area (Å²) >= 11 is 0. The van der Waals surface area contributed by atoms with Gasteiger partial charge >= 0.3 is 7.60 Å². The lowest BCUT2D eigenvalue weighted by Crippen LogP contribution is -2.26. The number of nitro groups is 1. The minimum atomic E-state index is -3.49. The Balaban J connectivity index is 2.06. The molecule has 158 valence electrons. The van der Waals surface area contributed by atoms with Gasteiger partial charge in [0.05, 0.1) is 18.1 Å². The van der Waals surface area contributed by atoms with Crippen molar-refractivity contribution in [3.8, 4) is 11.1 Å². The molecule has 9 nitrogen and oxygen atoms in total. The first-order valence-electron chi connectivity index (χ1n) is 9.41. The molecule has 0 saturated heterocycles. The third-order valence-corrected chi connectivity index (χ3v) is 6.23. The van der Waals surface area contributed by atoms with Crippen molar-refractivity contribution in [2.45, 2.75) is 13.8 Å². The van der Waals surface area contributed by atoms with Crippen LogP contribution >= 0.6 is 7.60 Å². The molecule has 0 spiro atoms. The number of nitrogens with one attached hydrogen (secondary N) is 2. The van der Waals surface area contributed by atoms with Gasteiger partial charge in [-0.3, -0.25) is 19.5 Å². The first-order chi connectivity index (χ1) is 14.4. The van der Waals surface area contributed by atoms with E-state index >= 15 is 0 Å². The van der Waals surface area contributed by atoms with Gasteiger partial charge in [-0.25, -0.2) is 0 Å². The number of amides is 1. The summed E-state index contributed by atoms with van der Waals surface area (Å²) in [5.74, 6) is -0.570. The summed E-state index contributed by atoms with van der Waals surface area (Å²) in [6.07, 6.45) is -0.320. The van der Waals surface area contributed by atoms with Gasteiger partial charge in [0.25, 0.3) is 11.6 Å². The van der Waals surface area contributed by atoms with Gasteiger partial charge in [0.2, 0.25) is 0 Å². The molecule has 1 heterocycles. The highest BCUT2D eigenvalue weighted by Crippen LogP contribution is 2.46. The monoisotopic (exact) mass is 431 g/mol. The third kappa shape index (κ3) is 4.43. The van der Waals surface area contributed by atoms with Crippen LogP contribution in [0.2, 0.25) is 0 Å². The zero-order chi connectivity index (χ0) is 21.7. The number of aromatic amines is 1. The van der Waals surface area contributed by atoms with Crippen molar-refractivity contribution in [3.05, 3.63) is 64.3 Å². The van der Waals surface area contributed by atoms with Crippen molar-refractivity contribution in [3.63, 3.8) is 0 Å². The number of para-hydroxylation sites is 1. The van der Waals surface area contributed by atoms with Crippen LogP contribution in [0, 0.1) is 10.1 Å². The first kappa shape index (κ1) is 21.7. The smallest absolute Gasteiger partial charge is 0.344 e. The normalized spacial score (nSPS) is 11.5. The van der Waals surface area contributed by atoms with Gasteiger partial charge in [0.1, 0.15) is 17.5 Å². The molecule has 1 aromatic heterocycles. The molecule has 3 aromatic rings. The lowest BCUT2D eigenvalue weighted by Gasteiger charge is -2.17. The van der Waals surface area contributed by atoms with Crippen molar-refractivity contribution < 1.29 is 23.3 Å². The van der Waals surface area contributed by atoms with E-state index in [4.69, 9.17) is 9.05 Å². The molecule has 0 atom stereocenters. The lowest BCUT2D eigenvalue weighted by atomic mass is 10.0. The molecule has 0 radical (unpaired) electrons. The third-order valence-electron chi connectivity index (χ3n) is 4.38. The van der Waals surface area contributed by atoms with Crippen LogP contribution in [0.4, 0.5) is 5.69 Å². The van der Waals surface area contributed by atoms with Crippen LogP contribution in [-0.2, 0) is 13.6 Å². The average molecular weight is 431 g/mol. The maximum absolute atomic E-state index is 13.0. The van der Waals surface area contributed by atoms with Gasteiger partial charge in [0.15, 0.2) is 0 Å². The molecule has 0 aliphatic carbocycles. The van der Waals surface area contributed by atoms with Crippen molar-refractivity contribution >= 4 is 30.1 Å². The number of benzene rings is 2. The number of nitrogens with zero attached hydrogens (tertiary/aromatic N) is 1.